The molecule has 0 spiro atoms. The minimum Gasteiger partial charge on any atom is -0.493 e. The summed E-state index contributed by atoms with van der Waals surface area (Å²) in [4.78, 5) is 26.4. The van der Waals surface area contributed by atoms with Crippen LogP contribution in [0.25, 0.3) is 0 Å². The van der Waals surface area contributed by atoms with E-state index in [-0.39, 0.29) is 24.5 Å². The number of hydrogen-bond acceptors (Lipinski definition) is 4. The molecule has 0 saturated carbocycles. The molecule has 0 unspecified atom stereocenters. The number of nitrogens with zero attached hydrogens (tertiary/aromatic N) is 1. The monoisotopic (exact) mass is 424 g/mol. The summed E-state index contributed by atoms with van der Waals surface area (Å²) < 4.78 is 11.4. The lowest BCUT2D eigenvalue weighted by molar-refractivity contribution is -0.134. The second kappa shape index (κ2) is 11.4. The van der Waals surface area contributed by atoms with Crippen molar-refractivity contribution in [3.63, 3.8) is 0 Å². The third kappa shape index (κ3) is 7.02. The zero-order chi connectivity index (χ0) is 22.1. The first kappa shape index (κ1) is 22.7. The number of hydrogen-bond donors (Lipinski definition) is 1. The Morgan fingerprint density at radius 1 is 0.968 bits per heavy atom. The number of nitrogens with one attached hydrogen (secondary N) is 1. The quantitative estimate of drug-likeness (QED) is 0.624. The molecule has 0 aliphatic carbocycles. The lowest BCUT2D eigenvalue weighted by Crippen LogP contribution is -2.47. The van der Waals surface area contributed by atoms with Crippen LogP contribution in [0.3, 0.4) is 0 Å². The molecule has 0 aromatic heterocycles. The zero-order valence-electron chi connectivity index (χ0n) is 18.4. The van der Waals surface area contributed by atoms with Crippen LogP contribution in [-0.4, -0.2) is 49.1 Å². The number of carbonyl (C=O) groups excluding carboxylic acids is 2. The van der Waals surface area contributed by atoms with Crippen molar-refractivity contribution in [1.29, 1.82) is 0 Å². The molecule has 0 radical (unpaired) electrons. The van der Waals surface area contributed by atoms with Crippen molar-refractivity contribution in [1.82, 2.24) is 10.2 Å². The van der Waals surface area contributed by atoms with E-state index >= 15 is 0 Å². The predicted octanol–water partition coefficient (Wildman–Crippen LogP) is 3.65. The lowest BCUT2D eigenvalue weighted by atomic mass is 10.0. The van der Waals surface area contributed by atoms with Crippen molar-refractivity contribution in [2.75, 3.05) is 26.3 Å². The first-order valence-electron chi connectivity index (χ1n) is 11.0. The Kier molecular flexibility index (Phi) is 8.33. The fourth-order valence-electron chi connectivity index (χ4n) is 3.76. The summed E-state index contributed by atoms with van der Waals surface area (Å²) in [6, 6.07) is 15.5. The Labute approximate surface area is 184 Å². The van der Waals surface area contributed by atoms with Crippen molar-refractivity contribution >= 4 is 11.8 Å². The third-order valence-corrected chi connectivity index (χ3v) is 5.52. The number of para-hydroxylation sites is 2. The van der Waals surface area contributed by atoms with E-state index in [4.69, 9.17) is 9.47 Å². The van der Waals surface area contributed by atoms with Gasteiger partial charge in [0.15, 0.2) is 6.61 Å². The Hall–Kier alpha value is -3.02. The van der Waals surface area contributed by atoms with Gasteiger partial charge in [-0.3, -0.25) is 9.59 Å². The van der Waals surface area contributed by atoms with Gasteiger partial charge in [-0.1, -0.05) is 36.4 Å². The first-order valence-corrected chi connectivity index (χ1v) is 11.0. The molecule has 6 nitrogen and oxygen atoms in total. The van der Waals surface area contributed by atoms with Crippen molar-refractivity contribution in [2.45, 2.75) is 45.6 Å². The Morgan fingerprint density at radius 3 is 2.32 bits per heavy atom. The molecule has 6 heteroatoms. The van der Waals surface area contributed by atoms with Crippen LogP contribution in [0.15, 0.2) is 48.5 Å². The number of likely N-dealkylation sites (tertiary alicyclic amines) is 1. The Morgan fingerprint density at radius 2 is 1.65 bits per heavy atom. The van der Waals surface area contributed by atoms with Crippen molar-refractivity contribution in [3.8, 4) is 11.5 Å². The van der Waals surface area contributed by atoms with E-state index in [0.717, 1.165) is 29.7 Å². The number of aryl methyl sites for hydroxylation is 2. The maximum Gasteiger partial charge on any atom is 0.260 e. The third-order valence-electron chi connectivity index (χ3n) is 5.52. The molecule has 1 saturated heterocycles. The summed E-state index contributed by atoms with van der Waals surface area (Å²) in [5.74, 6) is 1.63. The van der Waals surface area contributed by atoms with Gasteiger partial charge in [0.1, 0.15) is 11.5 Å². The highest BCUT2D eigenvalue weighted by atomic mass is 16.5. The van der Waals surface area contributed by atoms with Crippen LogP contribution < -0.4 is 14.8 Å². The van der Waals surface area contributed by atoms with E-state index in [9.17, 15) is 9.59 Å². The number of benzene rings is 2. The van der Waals surface area contributed by atoms with Gasteiger partial charge in [0.2, 0.25) is 5.91 Å². The molecule has 31 heavy (non-hydrogen) atoms. The van der Waals surface area contributed by atoms with Gasteiger partial charge >= 0.3 is 0 Å². The number of rotatable bonds is 9. The van der Waals surface area contributed by atoms with Crippen LogP contribution in [0.4, 0.5) is 0 Å². The summed E-state index contributed by atoms with van der Waals surface area (Å²) in [5, 5.41) is 3.09. The largest absolute Gasteiger partial charge is 0.493 e. The van der Waals surface area contributed by atoms with Crippen LogP contribution in [0.1, 0.15) is 36.8 Å². The van der Waals surface area contributed by atoms with E-state index in [0.29, 0.717) is 38.3 Å². The SMILES string of the molecule is Cc1cccc(C)c1OCCCC(=O)NC1CCN(C(=O)COc2ccccc2)CC1. The standard InChI is InChI=1S/C25H32N2O4/c1-19-8-6-9-20(2)25(19)30-17-7-12-23(28)26-21-13-15-27(16-14-21)24(29)18-31-22-10-4-3-5-11-22/h3-6,8-11,21H,7,12-18H2,1-2H3,(H,26,28). The second-order valence-corrected chi connectivity index (χ2v) is 8.00. The molecule has 2 aromatic carbocycles. The summed E-state index contributed by atoms with van der Waals surface area (Å²) in [6.07, 6.45) is 2.65. The van der Waals surface area contributed by atoms with Crippen LogP contribution >= 0.6 is 0 Å². The van der Waals surface area contributed by atoms with Crippen molar-refractivity contribution < 1.29 is 19.1 Å². The van der Waals surface area contributed by atoms with E-state index in [1.165, 1.54) is 0 Å². The predicted molar refractivity (Wildman–Crippen MR) is 120 cm³/mol. The van der Waals surface area contributed by atoms with Gasteiger partial charge < -0.3 is 19.7 Å². The first-order chi connectivity index (χ1) is 15.0. The fourth-order valence-corrected chi connectivity index (χ4v) is 3.76. The molecule has 2 amide bonds. The summed E-state index contributed by atoms with van der Waals surface area (Å²) >= 11 is 0. The molecular formula is C25H32N2O4. The average molecular weight is 425 g/mol. The zero-order valence-corrected chi connectivity index (χ0v) is 18.4. The molecule has 3 rings (SSSR count). The Balaban J connectivity index is 1.30. The molecule has 166 valence electrons. The van der Waals surface area contributed by atoms with Gasteiger partial charge in [-0.05, 0) is 56.4 Å². The van der Waals surface area contributed by atoms with E-state index in [2.05, 4.69) is 5.32 Å². The topological polar surface area (TPSA) is 67.9 Å². The number of piperidine rings is 1. The maximum absolute atomic E-state index is 12.3. The summed E-state index contributed by atoms with van der Waals surface area (Å²) in [6.45, 7) is 5.89. The van der Waals surface area contributed by atoms with Gasteiger partial charge in [0.05, 0.1) is 6.61 Å². The van der Waals surface area contributed by atoms with Crippen LogP contribution in [0.5, 0.6) is 11.5 Å². The van der Waals surface area contributed by atoms with Crippen LogP contribution in [0.2, 0.25) is 0 Å². The summed E-state index contributed by atoms with van der Waals surface area (Å²) in [5.41, 5.74) is 2.22. The number of amides is 2. The molecule has 0 atom stereocenters. The number of carbonyl (C=O) groups is 2. The molecule has 1 N–H and O–H groups in total. The molecule has 1 fully saturated rings. The lowest BCUT2D eigenvalue weighted by Gasteiger charge is -2.32. The van der Waals surface area contributed by atoms with E-state index in [1.54, 1.807) is 0 Å². The molecule has 1 aliphatic rings. The maximum atomic E-state index is 12.3. The van der Waals surface area contributed by atoms with Gasteiger partial charge in [-0.25, -0.2) is 0 Å². The van der Waals surface area contributed by atoms with Crippen LogP contribution in [-0.2, 0) is 9.59 Å². The van der Waals surface area contributed by atoms with Crippen molar-refractivity contribution in [3.05, 3.63) is 59.7 Å². The molecular weight excluding hydrogens is 392 g/mol. The fraction of sp³-hybridized carbons (Fsp3) is 0.440. The highest BCUT2D eigenvalue weighted by Gasteiger charge is 2.24. The van der Waals surface area contributed by atoms with E-state index < -0.39 is 0 Å². The molecule has 1 heterocycles. The summed E-state index contributed by atoms with van der Waals surface area (Å²) in [7, 11) is 0. The smallest absolute Gasteiger partial charge is 0.260 e. The highest BCUT2D eigenvalue weighted by Crippen LogP contribution is 2.22. The normalized spacial score (nSPS) is 14.2. The number of ether oxygens (including phenoxy) is 2. The Bertz CT molecular complexity index is 841. The van der Waals surface area contributed by atoms with Gasteiger partial charge in [0.25, 0.3) is 5.91 Å². The van der Waals surface area contributed by atoms with Crippen molar-refractivity contribution in [2.24, 2.45) is 0 Å². The van der Waals surface area contributed by atoms with E-state index in [1.807, 2.05) is 67.3 Å². The van der Waals surface area contributed by atoms with Gasteiger partial charge in [0, 0.05) is 25.6 Å². The van der Waals surface area contributed by atoms with Gasteiger partial charge in [-0.15, -0.1) is 0 Å². The van der Waals surface area contributed by atoms with Crippen LogP contribution in [0, 0.1) is 13.8 Å². The van der Waals surface area contributed by atoms with Gasteiger partial charge in [-0.2, -0.15) is 0 Å². The second-order valence-electron chi connectivity index (χ2n) is 8.00. The average Bonchev–Trinajstić information content (AvgIpc) is 2.78. The highest BCUT2D eigenvalue weighted by molar-refractivity contribution is 5.78. The minimum atomic E-state index is -0.0164. The molecule has 2 aromatic rings. The molecule has 0 bridgehead atoms. The molecule has 1 aliphatic heterocycles. The minimum absolute atomic E-state index is 0.0164.